The van der Waals surface area contributed by atoms with E-state index < -0.39 is 0 Å². The van der Waals surface area contributed by atoms with Gasteiger partial charge in [-0.2, -0.15) is 0 Å². The summed E-state index contributed by atoms with van der Waals surface area (Å²) in [4.78, 5) is 29.2. The second-order valence-electron chi connectivity index (χ2n) is 6.47. The molecule has 136 valence electrons. The van der Waals surface area contributed by atoms with Crippen LogP contribution in [0.15, 0.2) is 60.8 Å². The van der Waals surface area contributed by atoms with Crippen LogP contribution in [0.4, 0.5) is 11.4 Å². The summed E-state index contributed by atoms with van der Waals surface area (Å²) in [5.41, 5.74) is 5.04. The number of aryl methyl sites for hydroxylation is 3. The van der Waals surface area contributed by atoms with Gasteiger partial charge in [0.1, 0.15) is 5.69 Å². The van der Waals surface area contributed by atoms with Crippen LogP contribution in [0.2, 0.25) is 0 Å². The molecular weight excluding hydrogens is 338 g/mol. The lowest BCUT2D eigenvalue weighted by Gasteiger charge is -2.12. The summed E-state index contributed by atoms with van der Waals surface area (Å²) in [7, 11) is 0. The van der Waals surface area contributed by atoms with Gasteiger partial charge in [-0.15, -0.1) is 0 Å². The van der Waals surface area contributed by atoms with E-state index in [9.17, 15) is 9.59 Å². The lowest BCUT2D eigenvalue weighted by molar-refractivity contribution is 0.102. The Morgan fingerprint density at radius 3 is 2.22 bits per heavy atom. The van der Waals surface area contributed by atoms with Crippen molar-refractivity contribution in [3.05, 3.63) is 88.7 Å². The van der Waals surface area contributed by atoms with Crippen molar-refractivity contribution in [2.24, 2.45) is 0 Å². The third-order valence-electron chi connectivity index (χ3n) is 4.25. The molecule has 0 saturated carbocycles. The van der Waals surface area contributed by atoms with E-state index in [0.29, 0.717) is 11.3 Å². The third-order valence-corrected chi connectivity index (χ3v) is 4.25. The molecule has 5 nitrogen and oxygen atoms in total. The fourth-order valence-corrected chi connectivity index (χ4v) is 2.81. The Kier molecular flexibility index (Phi) is 5.31. The van der Waals surface area contributed by atoms with Crippen LogP contribution in [0.25, 0.3) is 0 Å². The Bertz CT molecular complexity index is 992. The minimum atomic E-state index is -0.359. The number of aromatic nitrogens is 1. The second-order valence-corrected chi connectivity index (χ2v) is 6.47. The van der Waals surface area contributed by atoms with Crippen LogP contribution >= 0.6 is 0 Å². The maximum atomic E-state index is 12.6. The molecule has 0 radical (unpaired) electrons. The van der Waals surface area contributed by atoms with E-state index in [1.807, 2.05) is 63.2 Å². The lowest BCUT2D eigenvalue weighted by atomic mass is 10.1. The normalized spacial score (nSPS) is 10.3. The van der Waals surface area contributed by atoms with Gasteiger partial charge in [-0.05, 0) is 61.7 Å². The van der Waals surface area contributed by atoms with Crippen molar-refractivity contribution >= 4 is 23.2 Å². The molecular formula is C22H21N3O2. The number of benzene rings is 2. The van der Waals surface area contributed by atoms with Gasteiger partial charge in [0, 0.05) is 23.1 Å². The Morgan fingerprint density at radius 1 is 0.815 bits per heavy atom. The van der Waals surface area contributed by atoms with E-state index in [-0.39, 0.29) is 17.5 Å². The molecule has 0 unspecified atom stereocenters. The first-order chi connectivity index (χ1) is 12.9. The smallest absolute Gasteiger partial charge is 0.274 e. The molecule has 3 rings (SSSR count). The number of para-hydroxylation sites is 1. The van der Waals surface area contributed by atoms with Crippen molar-refractivity contribution in [2.45, 2.75) is 20.8 Å². The lowest BCUT2D eigenvalue weighted by Crippen LogP contribution is -2.17. The number of nitrogens with one attached hydrogen (secondary N) is 2. The van der Waals surface area contributed by atoms with Crippen molar-refractivity contribution in [1.29, 1.82) is 0 Å². The average molecular weight is 359 g/mol. The van der Waals surface area contributed by atoms with Gasteiger partial charge >= 0.3 is 0 Å². The number of hydrogen-bond acceptors (Lipinski definition) is 3. The van der Waals surface area contributed by atoms with Crippen molar-refractivity contribution in [2.75, 3.05) is 10.6 Å². The molecule has 0 bridgehead atoms. The van der Waals surface area contributed by atoms with E-state index in [2.05, 4.69) is 15.6 Å². The number of pyridine rings is 1. The van der Waals surface area contributed by atoms with E-state index in [4.69, 9.17) is 0 Å². The number of hydrogen-bond donors (Lipinski definition) is 2. The van der Waals surface area contributed by atoms with Crippen molar-refractivity contribution in [1.82, 2.24) is 4.98 Å². The van der Waals surface area contributed by atoms with E-state index >= 15 is 0 Å². The molecule has 5 heteroatoms. The quantitative estimate of drug-likeness (QED) is 0.720. The van der Waals surface area contributed by atoms with E-state index in [1.165, 1.54) is 12.3 Å². The predicted octanol–water partition coefficient (Wildman–Crippen LogP) is 4.51. The van der Waals surface area contributed by atoms with Crippen LogP contribution in [0, 0.1) is 20.8 Å². The number of nitrogens with zero attached hydrogens (tertiary/aromatic N) is 1. The molecule has 3 aromatic rings. The van der Waals surface area contributed by atoms with Gasteiger partial charge in [-0.25, -0.2) is 0 Å². The van der Waals surface area contributed by atoms with Gasteiger partial charge < -0.3 is 10.6 Å². The molecule has 0 atom stereocenters. The summed E-state index contributed by atoms with van der Waals surface area (Å²) >= 11 is 0. The Morgan fingerprint density at radius 2 is 1.52 bits per heavy atom. The summed E-state index contributed by atoms with van der Waals surface area (Å²) < 4.78 is 0. The molecule has 0 spiro atoms. The highest BCUT2D eigenvalue weighted by molar-refractivity contribution is 6.08. The zero-order chi connectivity index (χ0) is 19.4. The molecule has 0 saturated heterocycles. The number of amides is 2. The molecule has 2 amide bonds. The molecule has 0 aliphatic carbocycles. The van der Waals surface area contributed by atoms with Crippen molar-refractivity contribution < 1.29 is 9.59 Å². The third kappa shape index (κ3) is 4.39. The Labute approximate surface area is 158 Å². The summed E-state index contributed by atoms with van der Waals surface area (Å²) in [5, 5.41) is 5.72. The first-order valence-electron chi connectivity index (χ1n) is 8.65. The molecule has 27 heavy (non-hydrogen) atoms. The van der Waals surface area contributed by atoms with Crippen LogP contribution < -0.4 is 10.6 Å². The van der Waals surface area contributed by atoms with Gasteiger partial charge in [0.05, 0.1) is 0 Å². The second kappa shape index (κ2) is 7.83. The van der Waals surface area contributed by atoms with Gasteiger partial charge in [-0.1, -0.05) is 30.3 Å². The Hall–Kier alpha value is -3.47. The molecule has 2 aromatic carbocycles. The molecule has 1 heterocycles. The van der Waals surface area contributed by atoms with Crippen molar-refractivity contribution in [3.8, 4) is 0 Å². The summed E-state index contributed by atoms with van der Waals surface area (Å²) in [6.45, 7) is 5.83. The average Bonchev–Trinajstić information content (AvgIpc) is 2.65. The Balaban J connectivity index is 1.78. The van der Waals surface area contributed by atoms with Gasteiger partial charge in [0.25, 0.3) is 11.8 Å². The zero-order valence-electron chi connectivity index (χ0n) is 15.5. The van der Waals surface area contributed by atoms with Gasteiger partial charge in [0.15, 0.2) is 0 Å². The number of rotatable bonds is 4. The van der Waals surface area contributed by atoms with E-state index in [1.54, 1.807) is 6.07 Å². The van der Waals surface area contributed by atoms with Gasteiger partial charge in [0.2, 0.25) is 0 Å². The summed E-state index contributed by atoms with van der Waals surface area (Å²) in [6.07, 6.45) is 1.46. The minimum Gasteiger partial charge on any atom is -0.322 e. The molecule has 1 aromatic heterocycles. The molecule has 0 fully saturated rings. The number of anilines is 2. The summed E-state index contributed by atoms with van der Waals surface area (Å²) in [6, 6.07) is 16.4. The SMILES string of the molecule is Cc1cccc(NC(=O)c2cc(C(=O)Nc3c(C)cccc3C)ccn2)c1. The van der Waals surface area contributed by atoms with Crippen LogP contribution in [0.3, 0.4) is 0 Å². The minimum absolute atomic E-state index is 0.186. The largest absolute Gasteiger partial charge is 0.322 e. The number of carbonyl (C=O) groups excluding carboxylic acids is 2. The number of carbonyl (C=O) groups is 2. The highest BCUT2D eigenvalue weighted by Crippen LogP contribution is 2.20. The van der Waals surface area contributed by atoms with Crippen LogP contribution in [-0.4, -0.2) is 16.8 Å². The molecule has 0 aliphatic rings. The fourth-order valence-electron chi connectivity index (χ4n) is 2.81. The zero-order valence-corrected chi connectivity index (χ0v) is 15.5. The predicted molar refractivity (Wildman–Crippen MR) is 107 cm³/mol. The van der Waals surface area contributed by atoms with Crippen LogP contribution in [0.1, 0.15) is 37.5 Å². The summed E-state index contributed by atoms with van der Waals surface area (Å²) in [5.74, 6) is -0.637. The van der Waals surface area contributed by atoms with Gasteiger partial charge in [-0.3, -0.25) is 14.6 Å². The molecule has 2 N–H and O–H groups in total. The highest BCUT2D eigenvalue weighted by atomic mass is 16.2. The highest BCUT2D eigenvalue weighted by Gasteiger charge is 2.14. The van der Waals surface area contributed by atoms with Crippen LogP contribution in [-0.2, 0) is 0 Å². The van der Waals surface area contributed by atoms with E-state index in [0.717, 1.165) is 22.4 Å². The standard InChI is InChI=1S/C22H21N3O2/c1-14-6-4-9-18(12-14)24-22(27)19-13-17(10-11-23-19)21(26)25-20-15(2)7-5-8-16(20)3/h4-13H,1-3H3,(H,24,27)(H,25,26). The van der Waals surface area contributed by atoms with Crippen molar-refractivity contribution in [3.63, 3.8) is 0 Å². The maximum Gasteiger partial charge on any atom is 0.274 e. The monoisotopic (exact) mass is 359 g/mol. The first-order valence-corrected chi connectivity index (χ1v) is 8.65. The molecule has 0 aliphatic heterocycles. The first kappa shape index (κ1) is 18.3. The van der Waals surface area contributed by atoms with Crippen LogP contribution in [0.5, 0.6) is 0 Å². The fraction of sp³-hybridized carbons (Fsp3) is 0.136. The maximum absolute atomic E-state index is 12.6. The topological polar surface area (TPSA) is 71.1 Å².